The van der Waals surface area contributed by atoms with Crippen LogP contribution >= 0.6 is 0 Å². The molecule has 4 rings (SSSR count). The molecule has 0 saturated carbocycles. The molecule has 1 saturated heterocycles. The quantitative estimate of drug-likeness (QED) is 0.802. The van der Waals surface area contributed by atoms with Crippen molar-refractivity contribution >= 4 is 17.0 Å². The molecule has 1 N–H and O–H groups in total. The summed E-state index contributed by atoms with van der Waals surface area (Å²) in [7, 11) is 0. The monoisotopic (exact) mass is 309 g/mol. The van der Waals surface area contributed by atoms with Gasteiger partial charge >= 0.3 is 0 Å². The first-order valence-electron chi connectivity index (χ1n) is 7.97. The lowest BCUT2D eigenvalue weighted by molar-refractivity contribution is 0.228. The number of nitrogens with one attached hydrogen (secondary N) is 1. The lowest BCUT2D eigenvalue weighted by atomic mass is 9.99. The van der Waals surface area contributed by atoms with Gasteiger partial charge in [-0.2, -0.15) is 0 Å². The summed E-state index contributed by atoms with van der Waals surface area (Å²) in [5.74, 6) is 2.37. The Bertz CT molecular complexity index is 773. The number of piperidine rings is 1. The Morgan fingerprint density at radius 2 is 2.09 bits per heavy atom. The van der Waals surface area contributed by atoms with Gasteiger partial charge in [0, 0.05) is 19.0 Å². The van der Waals surface area contributed by atoms with Crippen molar-refractivity contribution in [2.75, 3.05) is 24.6 Å². The van der Waals surface area contributed by atoms with Crippen LogP contribution in [-0.4, -0.2) is 39.6 Å². The SMILES string of the molecule is c1ccc(OCC2CCCN(c3ncnc4nc[nH]c34)C2)cc1. The molecule has 1 fully saturated rings. The van der Waals surface area contributed by atoms with E-state index in [-0.39, 0.29) is 0 Å². The van der Waals surface area contributed by atoms with Crippen molar-refractivity contribution in [1.29, 1.82) is 0 Å². The van der Waals surface area contributed by atoms with Crippen LogP contribution in [0.5, 0.6) is 5.75 Å². The molecule has 1 atom stereocenters. The number of ether oxygens (including phenoxy) is 1. The molecule has 118 valence electrons. The second kappa shape index (κ2) is 6.24. The Morgan fingerprint density at radius 3 is 3.00 bits per heavy atom. The normalized spacial score (nSPS) is 18.3. The van der Waals surface area contributed by atoms with Gasteiger partial charge in [-0.25, -0.2) is 15.0 Å². The molecule has 1 unspecified atom stereocenters. The standard InChI is InChI=1S/C17H19N5O/c1-2-6-14(7-3-1)23-10-13-5-4-8-22(9-13)17-15-16(19-11-18-15)20-12-21-17/h1-3,6-7,11-13H,4-5,8-10H2,(H,18,19,20,21). The van der Waals surface area contributed by atoms with Crippen molar-refractivity contribution < 1.29 is 4.74 Å². The summed E-state index contributed by atoms with van der Waals surface area (Å²) < 4.78 is 5.92. The minimum atomic E-state index is 0.497. The average Bonchev–Trinajstić information content (AvgIpc) is 3.10. The number of fused-ring (bicyclic) bond motifs is 1. The van der Waals surface area contributed by atoms with E-state index in [1.165, 1.54) is 6.42 Å². The highest BCUT2D eigenvalue weighted by molar-refractivity contribution is 5.82. The zero-order valence-corrected chi connectivity index (χ0v) is 12.9. The highest BCUT2D eigenvalue weighted by atomic mass is 16.5. The number of rotatable bonds is 4. The number of H-pyrrole nitrogens is 1. The molecule has 2 aromatic heterocycles. The van der Waals surface area contributed by atoms with Gasteiger partial charge in [0.15, 0.2) is 11.5 Å². The Hall–Kier alpha value is -2.63. The van der Waals surface area contributed by atoms with Gasteiger partial charge < -0.3 is 14.6 Å². The Morgan fingerprint density at radius 1 is 1.17 bits per heavy atom. The number of hydrogen-bond donors (Lipinski definition) is 1. The van der Waals surface area contributed by atoms with E-state index in [2.05, 4.69) is 24.8 Å². The second-order valence-corrected chi connectivity index (χ2v) is 5.88. The number of aromatic amines is 1. The summed E-state index contributed by atoms with van der Waals surface area (Å²) in [4.78, 5) is 18.3. The van der Waals surface area contributed by atoms with E-state index in [0.717, 1.165) is 48.8 Å². The third-order valence-corrected chi connectivity index (χ3v) is 4.25. The molecule has 6 heteroatoms. The third kappa shape index (κ3) is 2.97. The van der Waals surface area contributed by atoms with Gasteiger partial charge in [0.1, 0.15) is 17.6 Å². The van der Waals surface area contributed by atoms with Crippen molar-refractivity contribution in [3.8, 4) is 5.75 Å². The smallest absolute Gasteiger partial charge is 0.182 e. The lowest BCUT2D eigenvalue weighted by Gasteiger charge is -2.33. The average molecular weight is 309 g/mol. The van der Waals surface area contributed by atoms with Crippen molar-refractivity contribution in [3.63, 3.8) is 0 Å². The van der Waals surface area contributed by atoms with Gasteiger partial charge in [0.05, 0.1) is 12.9 Å². The van der Waals surface area contributed by atoms with Crippen LogP contribution in [0, 0.1) is 5.92 Å². The Labute approximate surface area is 134 Å². The third-order valence-electron chi connectivity index (χ3n) is 4.25. The largest absolute Gasteiger partial charge is 0.493 e. The molecule has 1 aliphatic rings. The molecule has 0 radical (unpaired) electrons. The van der Waals surface area contributed by atoms with E-state index < -0.39 is 0 Å². The summed E-state index contributed by atoms with van der Waals surface area (Å²) in [5, 5.41) is 0. The van der Waals surface area contributed by atoms with E-state index in [0.29, 0.717) is 5.92 Å². The predicted octanol–water partition coefficient (Wildman–Crippen LogP) is 2.65. The van der Waals surface area contributed by atoms with Crippen molar-refractivity contribution in [2.24, 2.45) is 5.92 Å². The predicted molar refractivity (Wildman–Crippen MR) is 88.6 cm³/mol. The van der Waals surface area contributed by atoms with E-state index in [1.54, 1.807) is 12.7 Å². The van der Waals surface area contributed by atoms with Crippen LogP contribution < -0.4 is 9.64 Å². The van der Waals surface area contributed by atoms with Gasteiger partial charge in [-0.1, -0.05) is 18.2 Å². The molecule has 23 heavy (non-hydrogen) atoms. The zero-order chi connectivity index (χ0) is 15.5. The van der Waals surface area contributed by atoms with Gasteiger partial charge in [-0.05, 0) is 25.0 Å². The first kappa shape index (κ1) is 14.0. The molecule has 6 nitrogen and oxygen atoms in total. The Balaban J connectivity index is 1.46. The van der Waals surface area contributed by atoms with Crippen LogP contribution in [0.25, 0.3) is 11.2 Å². The van der Waals surface area contributed by atoms with Crippen LogP contribution in [0.15, 0.2) is 43.0 Å². The van der Waals surface area contributed by atoms with Gasteiger partial charge in [0.25, 0.3) is 0 Å². The second-order valence-electron chi connectivity index (χ2n) is 5.88. The molecular formula is C17H19N5O. The van der Waals surface area contributed by atoms with Gasteiger partial charge in [-0.3, -0.25) is 0 Å². The number of anilines is 1. The number of nitrogens with zero attached hydrogens (tertiary/aromatic N) is 4. The number of aromatic nitrogens is 4. The molecule has 1 aliphatic heterocycles. The van der Waals surface area contributed by atoms with Gasteiger partial charge in [0.2, 0.25) is 0 Å². The van der Waals surface area contributed by atoms with Crippen LogP contribution in [-0.2, 0) is 0 Å². The van der Waals surface area contributed by atoms with E-state index in [9.17, 15) is 0 Å². The Kier molecular flexibility index (Phi) is 3.80. The fourth-order valence-corrected chi connectivity index (χ4v) is 3.12. The minimum absolute atomic E-state index is 0.497. The summed E-state index contributed by atoms with van der Waals surface area (Å²) in [5.41, 5.74) is 1.63. The molecule has 3 heterocycles. The van der Waals surface area contributed by atoms with Crippen molar-refractivity contribution in [2.45, 2.75) is 12.8 Å². The molecule has 0 bridgehead atoms. The van der Waals surface area contributed by atoms with Crippen LogP contribution in [0.2, 0.25) is 0 Å². The molecular weight excluding hydrogens is 290 g/mol. The number of hydrogen-bond acceptors (Lipinski definition) is 5. The first-order chi connectivity index (χ1) is 11.4. The van der Waals surface area contributed by atoms with Crippen molar-refractivity contribution in [1.82, 2.24) is 19.9 Å². The fourth-order valence-electron chi connectivity index (χ4n) is 3.12. The van der Waals surface area contributed by atoms with Crippen LogP contribution in [0.3, 0.4) is 0 Å². The maximum atomic E-state index is 5.92. The molecule has 3 aromatic rings. The fraction of sp³-hybridized carbons (Fsp3) is 0.353. The highest BCUT2D eigenvalue weighted by Gasteiger charge is 2.23. The zero-order valence-electron chi connectivity index (χ0n) is 12.9. The van der Waals surface area contributed by atoms with Gasteiger partial charge in [-0.15, -0.1) is 0 Å². The topological polar surface area (TPSA) is 66.9 Å². The number of benzene rings is 1. The molecule has 0 aliphatic carbocycles. The number of imidazole rings is 1. The first-order valence-corrected chi connectivity index (χ1v) is 7.97. The summed E-state index contributed by atoms with van der Waals surface area (Å²) in [6.07, 6.45) is 5.58. The van der Waals surface area contributed by atoms with Crippen LogP contribution in [0.4, 0.5) is 5.82 Å². The highest BCUT2D eigenvalue weighted by Crippen LogP contribution is 2.26. The van der Waals surface area contributed by atoms with E-state index >= 15 is 0 Å². The summed E-state index contributed by atoms with van der Waals surface area (Å²) >= 11 is 0. The maximum Gasteiger partial charge on any atom is 0.182 e. The molecule has 1 aromatic carbocycles. The van der Waals surface area contributed by atoms with E-state index in [4.69, 9.17) is 4.74 Å². The van der Waals surface area contributed by atoms with Crippen LogP contribution in [0.1, 0.15) is 12.8 Å². The minimum Gasteiger partial charge on any atom is -0.493 e. The van der Waals surface area contributed by atoms with E-state index in [1.807, 2.05) is 30.3 Å². The maximum absolute atomic E-state index is 5.92. The molecule has 0 spiro atoms. The summed E-state index contributed by atoms with van der Waals surface area (Å²) in [6.45, 7) is 2.68. The lowest BCUT2D eigenvalue weighted by Crippen LogP contribution is -2.38. The number of para-hydroxylation sites is 1. The summed E-state index contributed by atoms with van der Waals surface area (Å²) in [6, 6.07) is 10.00. The van der Waals surface area contributed by atoms with Crippen molar-refractivity contribution in [3.05, 3.63) is 43.0 Å². The molecule has 0 amide bonds.